The Balaban J connectivity index is 1.79. The highest BCUT2D eigenvalue weighted by atomic mass is 16.6. The summed E-state index contributed by atoms with van der Waals surface area (Å²) in [5.74, 6) is -10.1. The van der Waals surface area contributed by atoms with E-state index >= 15 is 0 Å². The van der Waals surface area contributed by atoms with Gasteiger partial charge >= 0.3 is 0 Å². The van der Waals surface area contributed by atoms with Crippen molar-refractivity contribution in [1.29, 1.82) is 0 Å². The predicted molar refractivity (Wildman–Crippen MR) is 141 cm³/mol. The van der Waals surface area contributed by atoms with E-state index in [0.717, 1.165) is 0 Å². The smallest absolute Gasteiger partial charge is 0.269 e. The number of phenolic OH excluding ortho intramolecular Hbond substituents is 1. The molecule has 2 aromatic carbocycles. The molecular formula is C28H27N3O10. The Bertz CT molecular complexity index is 1600. The lowest BCUT2D eigenvalue weighted by Crippen LogP contribution is -2.68. The zero-order valence-electron chi connectivity index (χ0n) is 21.9. The standard InChI is InChI=1S/C28H27N3O10/c1-30(2)21-20-23(34)17-14(10-11-5-3-6-12(9-11)31(40)41)13-7-4-8-15(32)16(13)22(33)18(17)25(36)28(20,39)26(37)19(24(21)35)27(29)38/h3-9,14,17,20-21,23,32,34-36,39H,10H2,1-2H3,(H2,29,38). The van der Waals surface area contributed by atoms with Gasteiger partial charge in [-0.3, -0.25) is 29.4 Å². The van der Waals surface area contributed by atoms with Crippen molar-refractivity contribution in [2.75, 3.05) is 14.1 Å². The topological polar surface area (TPSA) is 225 Å². The van der Waals surface area contributed by atoms with Gasteiger partial charge in [0.25, 0.3) is 11.6 Å². The van der Waals surface area contributed by atoms with Crippen molar-refractivity contribution in [3.8, 4) is 5.75 Å². The average molecular weight is 566 g/mol. The molecular weight excluding hydrogens is 538 g/mol. The first-order chi connectivity index (χ1) is 19.2. The summed E-state index contributed by atoms with van der Waals surface area (Å²) in [6, 6.07) is 8.51. The third kappa shape index (κ3) is 3.84. The van der Waals surface area contributed by atoms with E-state index in [4.69, 9.17) is 5.73 Å². The third-order valence-electron chi connectivity index (χ3n) is 8.38. The maximum absolute atomic E-state index is 13.8. The van der Waals surface area contributed by atoms with Crippen molar-refractivity contribution in [3.63, 3.8) is 0 Å². The molecule has 3 aliphatic rings. The number of carbonyl (C=O) groups excluding carboxylic acids is 3. The molecule has 0 saturated heterocycles. The van der Waals surface area contributed by atoms with Crippen LogP contribution in [0, 0.1) is 22.0 Å². The number of nitrogens with two attached hydrogens (primary N) is 1. The van der Waals surface area contributed by atoms with E-state index in [2.05, 4.69) is 0 Å². The van der Waals surface area contributed by atoms with Crippen molar-refractivity contribution in [2.24, 2.45) is 17.6 Å². The number of Topliss-reactive ketones (excluding diaryl/α,β-unsaturated/α-hetero) is 2. The maximum Gasteiger partial charge on any atom is 0.269 e. The molecule has 0 radical (unpaired) electrons. The number of aliphatic hydroxyl groups is 4. The first-order valence-electron chi connectivity index (χ1n) is 12.6. The number of likely N-dealkylation sites (N-methyl/N-ethyl adjacent to an activating group) is 1. The van der Waals surface area contributed by atoms with Gasteiger partial charge in [0.05, 0.1) is 28.6 Å². The molecule has 0 heterocycles. The summed E-state index contributed by atoms with van der Waals surface area (Å²) in [6.45, 7) is 0. The fourth-order valence-corrected chi connectivity index (χ4v) is 6.69. The van der Waals surface area contributed by atoms with Crippen LogP contribution < -0.4 is 5.73 Å². The van der Waals surface area contributed by atoms with Gasteiger partial charge in [0.2, 0.25) is 5.78 Å². The first-order valence-corrected chi connectivity index (χ1v) is 12.6. The zero-order valence-corrected chi connectivity index (χ0v) is 21.9. The monoisotopic (exact) mass is 565 g/mol. The van der Waals surface area contributed by atoms with Crippen LogP contribution in [0.4, 0.5) is 5.69 Å². The minimum Gasteiger partial charge on any atom is -0.510 e. The molecule has 7 N–H and O–H groups in total. The number of fused-ring (bicyclic) bond motifs is 3. The van der Waals surface area contributed by atoms with E-state index in [-0.39, 0.29) is 23.2 Å². The van der Waals surface area contributed by atoms with Crippen molar-refractivity contribution in [2.45, 2.75) is 30.1 Å². The Morgan fingerprint density at radius 2 is 1.78 bits per heavy atom. The summed E-state index contributed by atoms with van der Waals surface area (Å²) in [5, 5.41) is 68.3. The van der Waals surface area contributed by atoms with Crippen molar-refractivity contribution < 1.29 is 44.8 Å². The van der Waals surface area contributed by atoms with E-state index in [1.54, 1.807) is 6.07 Å². The molecule has 6 atom stereocenters. The van der Waals surface area contributed by atoms with Crippen LogP contribution >= 0.6 is 0 Å². The highest BCUT2D eigenvalue weighted by Crippen LogP contribution is 2.56. The molecule has 6 unspecified atom stereocenters. The number of ketones is 2. The number of benzene rings is 2. The number of nitro benzene ring substituents is 1. The molecule has 1 amide bonds. The molecule has 2 aromatic rings. The quantitative estimate of drug-likeness (QED) is 0.169. The van der Waals surface area contributed by atoms with Gasteiger partial charge in [-0.15, -0.1) is 0 Å². The van der Waals surface area contributed by atoms with Gasteiger partial charge in [-0.2, -0.15) is 0 Å². The summed E-state index contributed by atoms with van der Waals surface area (Å²) in [7, 11) is 2.89. The lowest BCUT2D eigenvalue weighted by atomic mass is 9.54. The number of amides is 1. The summed E-state index contributed by atoms with van der Waals surface area (Å²) in [5.41, 5.74) is 1.02. The average Bonchev–Trinajstić information content (AvgIpc) is 2.90. The molecule has 41 heavy (non-hydrogen) atoms. The van der Waals surface area contributed by atoms with Gasteiger partial charge in [0, 0.05) is 23.6 Å². The molecule has 0 saturated carbocycles. The molecule has 5 rings (SSSR count). The van der Waals surface area contributed by atoms with Crippen LogP contribution in [0.25, 0.3) is 0 Å². The second-order valence-electron chi connectivity index (χ2n) is 10.7. The summed E-state index contributed by atoms with van der Waals surface area (Å²) in [6.07, 6.45) is -1.81. The number of nitro groups is 1. The van der Waals surface area contributed by atoms with Gasteiger partial charge in [-0.05, 0) is 43.6 Å². The zero-order chi connectivity index (χ0) is 30.1. The lowest BCUT2D eigenvalue weighted by Gasteiger charge is -2.53. The number of hydrogen-bond donors (Lipinski definition) is 6. The van der Waals surface area contributed by atoms with E-state index in [1.807, 2.05) is 0 Å². The van der Waals surface area contributed by atoms with Crippen LogP contribution in [-0.4, -0.2) is 84.7 Å². The number of rotatable bonds is 5. The Labute approximate surface area is 232 Å². The minimum atomic E-state index is -3.04. The Morgan fingerprint density at radius 1 is 1.12 bits per heavy atom. The van der Waals surface area contributed by atoms with Crippen LogP contribution in [0.5, 0.6) is 5.75 Å². The van der Waals surface area contributed by atoms with Crippen LogP contribution in [0.1, 0.15) is 27.4 Å². The van der Waals surface area contributed by atoms with E-state index < -0.39 is 86.3 Å². The molecule has 0 bridgehead atoms. The molecule has 13 heteroatoms. The number of non-ortho nitro benzene ring substituents is 1. The summed E-state index contributed by atoms with van der Waals surface area (Å²) >= 11 is 0. The molecule has 214 valence electrons. The number of aliphatic hydroxyl groups excluding tert-OH is 3. The second kappa shape index (κ2) is 9.51. The highest BCUT2D eigenvalue weighted by Gasteiger charge is 2.67. The molecule has 3 aliphatic carbocycles. The van der Waals surface area contributed by atoms with Crippen molar-refractivity contribution in [1.82, 2.24) is 4.90 Å². The number of aromatic hydroxyl groups is 1. The molecule has 0 fully saturated rings. The van der Waals surface area contributed by atoms with E-state index in [1.165, 1.54) is 55.4 Å². The van der Waals surface area contributed by atoms with Gasteiger partial charge in [0.1, 0.15) is 22.8 Å². The Kier molecular flexibility index (Phi) is 6.48. The fraction of sp³-hybridized carbons (Fsp3) is 0.321. The van der Waals surface area contributed by atoms with Crippen LogP contribution in [-0.2, 0) is 16.0 Å². The largest absolute Gasteiger partial charge is 0.510 e. The number of phenols is 1. The van der Waals surface area contributed by atoms with Crippen LogP contribution in [0.2, 0.25) is 0 Å². The first kappa shape index (κ1) is 28.0. The van der Waals surface area contributed by atoms with Crippen molar-refractivity contribution >= 4 is 23.2 Å². The van der Waals surface area contributed by atoms with Crippen LogP contribution in [0.3, 0.4) is 0 Å². The Morgan fingerprint density at radius 3 is 2.39 bits per heavy atom. The molecule has 0 spiro atoms. The van der Waals surface area contributed by atoms with Crippen molar-refractivity contribution in [3.05, 3.63) is 91.9 Å². The molecule has 0 aliphatic heterocycles. The number of nitrogens with zero attached hydrogens (tertiary/aromatic N) is 2. The molecule has 13 nitrogen and oxygen atoms in total. The maximum atomic E-state index is 13.8. The molecule has 0 aromatic heterocycles. The van der Waals surface area contributed by atoms with Gasteiger partial charge in [-0.25, -0.2) is 0 Å². The van der Waals surface area contributed by atoms with E-state index in [9.17, 15) is 50.0 Å². The van der Waals surface area contributed by atoms with Gasteiger partial charge < -0.3 is 31.3 Å². The highest BCUT2D eigenvalue weighted by molar-refractivity contribution is 6.25. The van der Waals surface area contributed by atoms with Crippen LogP contribution in [0.15, 0.2) is 65.1 Å². The van der Waals surface area contributed by atoms with Gasteiger partial charge in [-0.1, -0.05) is 24.3 Å². The SMILES string of the molecule is CN(C)C1C(O)=C(C(N)=O)C(=O)C2(O)C(O)=C3C(=O)c4c(O)cccc4C(Cc4cccc([N+](=O)[O-])c4)C3C(O)C12. The number of primary amides is 1. The number of hydrogen-bond acceptors (Lipinski definition) is 11. The minimum absolute atomic E-state index is 0.0238. The predicted octanol–water partition coefficient (Wildman–Crippen LogP) is 0.783. The lowest BCUT2D eigenvalue weighted by molar-refractivity contribution is -0.384. The summed E-state index contributed by atoms with van der Waals surface area (Å²) in [4.78, 5) is 51.7. The Hall–Kier alpha value is -4.59. The normalized spacial score (nSPS) is 29.2. The third-order valence-corrected chi connectivity index (χ3v) is 8.38. The van der Waals surface area contributed by atoms with E-state index in [0.29, 0.717) is 5.56 Å². The van der Waals surface area contributed by atoms with Gasteiger partial charge in [0.15, 0.2) is 11.4 Å². The number of carbonyl (C=O) groups is 3. The fourth-order valence-electron chi connectivity index (χ4n) is 6.69. The summed E-state index contributed by atoms with van der Waals surface area (Å²) < 4.78 is 0. The second-order valence-corrected chi connectivity index (χ2v) is 10.7.